The molecule has 4 nitrogen and oxygen atoms in total. The summed E-state index contributed by atoms with van der Waals surface area (Å²) in [6, 6.07) is 2.65. The summed E-state index contributed by atoms with van der Waals surface area (Å²) in [6.45, 7) is 4.61. The number of thiophene rings is 1. The van der Waals surface area contributed by atoms with Crippen molar-refractivity contribution in [3.05, 3.63) is 57.5 Å². The zero-order valence-corrected chi connectivity index (χ0v) is 18.7. The van der Waals surface area contributed by atoms with Crippen molar-refractivity contribution in [1.82, 2.24) is 10.4 Å². The zero-order chi connectivity index (χ0) is 20.7. The molecular weight excluding hydrogens is 390 g/mol. The highest BCUT2D eigenvalue weighted by Crippen LogP contribution is 2.41. The highest BCUT2D eigenvalue weighted by molar-refractivity contribution is 7.13. The number of allylic oxidation sites excluding steroid dienone is 4. The summed E-state index contributed by atoms with van der Waals surface area (Å²) in [4.78, 5) is 7.80. The fourth-order valence-corrected chi connectivity index (χ4v) is 5.98. The number of hydrogen-bond acceptors (Lipinski definition) is 4. The zero-order valence-electron chi connectivity index (χ0n) is 17.8. The first-order chi connectivity index (χ1) is 14.6. The van der Waals surface area contributed by atoms with E-state index in [4.69, 9.17) is 4.99 Å². The van der Waals surface area contributed by atoms with E-state index in [1.807, 2.05) is 11.3 Å². The van der Waals surface area contributed by atoms with Gasteiger partial charge in [-0.1, -0.05) is 38.2 Å². The minimum Gasteiger partial charge on any atom is -0.393 e. The second kappa shape index (κ2) is 8.20. The molecule has 1 fully saturated rings. The van der Waals surface area contributed by atoms with Gasteiger partial charge in [0.1, 0.15) is 5.84 Å². The molecule has 0 aromatic carbocycles. The van der Waals surface area contributed by atoms with Crippen LogP contribution in [0.15, 0.2) is 47.1 Å². The number of fused-ring (bicyclic) bond motifs is 2. The molecule has 0 spiro atoms. The van der Waals surface area contributed by atoms with Gasteiger partial charge in [-0.05, 0) is 74.1 Å². The lowest BCUT2D eigenvalue weighted by Gasteiger charge is -2.32. The summed E-state index contributed by atoms with van der Waals surface area (Å²) >= 11 is 1.93. The Kier molecular flexibility index (Phi) is 5.42. The van der Waals surface area contributed by atoms with Crippen LogP contribution in [0.1, 0.15) is 73.6 Å². The summed E-state index contributed by atoms with van der Waals surface area (Å²) in [5.74, 6) is 2.00. The van der Waals surface area contributed by atoms with E-state index in [-0.39, 0.29) is 6.10 Å². The van der Waals surface area contributed by atoms with Crippen LogP contribution in [0.2, 0.25) is 0 Å². The molecule has 0 bridgehead atoms. The van der Waals surface area contributed by atoms with Crippen LogP contribution < -0.4 is 5.43 Å². The molecule has 2 aliphatic heterocycles. The summed E-state index contributed by atoms with van der Waals surface area (Å²) in [7, 11) is 0. The van der Waals surface area contributed by atoms with Gasteiger partial charge in [0, 0.05) is 4.88 Å². The van der Waals surface area contributed by atoms with Gasteiger partial charge in [0.05, 0.1) is 28.4 Å². The highest BCUT2D eigenvalue weighted by atomic mass is 32.1. The van der Waals surface area contributed by atoms with Crippen LogP contribution in [0.3, 0.4) is 0 Å². The lowest BCUT2D eigenvalue weighted by molar-refractivity contribution is 0.123. The Bertz CT molecular complexity index is 959. The molecule has 0 saturated heterocycles. The first kappa shape index (κ1) is 19.8. The van der Waals surface area contributed by atoms with Gasteiger partial charge in [-0.2, -0.15) is 0 Å². The topological polar surface area (TPSA) is 47.9 Å². The number of amidine groups is 1. The van der Waals surface area contributed by atoms with Crippen molar-refractivity contribution in [1.29, 1.82) is 0 Å². The van der Waals surface area contributed by atoms with E-state index in [0.29, 0.717) is 17.9 Å². The molecule has 5 rings (SSSR count). The van der Waals surface area contributed by atoms with Gasteiger partial charge in [-0.25, -0.2) is 0 Å². The third-order valence-electron chi connectivity index (χ3n) is 6.54. The smallest absolute Gasteiger partial charge is 0.140 e. The fourth-order valence-electron chi connectivity index (χ4n) is 4.75. The van der Waals surface area contributed by atoms with Crippen molar-refractivity contribution in [3.8, 4) is 0 Å². The van der Waals surface area contributed by atoms with Gasteiger partial charge in [0.2, 0.25) is 0 Å². The molecule has 1 aromatic heterocycles. The lowest BCUT2D eigenvalue weighted by Crippen LogP contribution is -2.42. The van der Waals surface area contributed by atoms with Crippen molar-refractivity contribution in [2.24, 2.45) is 10.9 Å². The van der Waals surface area contributed by atoms with E-state index in [2.05, 4.69) is 66.8 Å². The van der Waals surface area contributed by atoms with E-state index in [1.54, 1.807) is 0 Å². The molecule has 2 unspecified atom stereocenters. The summed E-state index contributed by atoms with van der Waals surface area (Å²) in [6.07, 6.45) is 19.2. The number of hydrazine groups is 1. The largest absolute Gasteiger partial charge is 0.393 e. The molecule has 5 heteroatoms. The molecule has 2 aliphatic carbocycles. The SMILES string of the molecule is CC1C=C(c2cc3c(s2)C(C)CC=C3)N2NC(=NC3CCC(O)CC3)C=CC2=CC1. The maximum atomic E-state index is 9.79. The summed E-state index contributed by atoms with van der Waals surface area (Å²) in [5.41, 5.74) is 7.41. The van der Waals surface area contributed by atoms with E-state index >= 15 is 0 Å². The van der Waals surface area contributed by atoms with Crippen LogP contribution in [0.5, 0.6) is 0 Å². The first-order valence-electron chi connectivity index (χ1n) is 11.3. The number of rotatable bonds is 2. The molecule has 2 N–H and O–H groups in total. The van der Waals surface area contributed by atoms with E-state index < -0.39 is 0 Å². The Morgan fingerprint density at radius 3 is 2.73 bits per heavy atom. The van der Waals surface area contributed by atoms with Crippen LogP contribution in [0.25, 0.3) is 11.8 Å². The minimum atomic E-state index is -0.145. The Hall–Kier alpha value is -2.11. The first-order valence-corrected chi connectivity index (χ1v) is 12.1. The molecule has 1 aromatic rings. The molecule has 3 heterocycles. The van der Waals surface area contributed by atoms with Gasteiger partial charge >= 0.3 is 0 Å². The highest BCUT2D eigenvalue weighted by Gasteiger charge is 2.27. The Balaban J connectivity index is 1.46. The van der Waals surface area contributed by atoms with Crippen molar-refractivity contribution in [2.75, 3.05) is 0 Å². The monoisotopic (exact) mass is 421 g/mol. The molecule has 0 amide bonds. The van der Waals surface area contributed by atoms with Gasteiger partial charge < -0.3 is 5.11 Å². The molecule has 4 aliphatic rings. The molecule has 2 atom stereocenters. The van der Waals surface area contributed by atoms with Crippen LogP contribution in [-0.2, 0) is 0 Å². The third-order valence-corrected chi connectivity index (χ3v) is 7.95. The second-order valence-electron chi connectivity index (χ2n) is 9.12. The van der Waals surface area contributed by atoms with Crippen molar-refractivity contribution < 1.29 is 5.11 Å². The Labute approximate surface area is 183 Å². The normalized spacial score (nSPS) is 32.1. The van der Waals surface area contributed by atoms with E-state index in [1.165, 1.54) is 26.7 Å². The molecule has 1 saturated carbocycles. The average Bonchev–Trinajstić information content (AvgIpc) is 3.11. The Morgan fingerprint density at radius 2 is 1.93 bits per heavy atom. The number of nitrogens with one attached hydrogen (secondary N) is 1. The predicted octanol–water partition coefficient (Wildman–Crippen LogP) is 5.61. The van der Waals surface area contributed by atoms with Crippen LogP contribution in [-0.4, -0.2) is 28.1 Å². The van der Waals surface area contributed by atoms with Crippen molar-refractivity contribution in [2.45, 2.75) is 70.4 Å². The van der Waals surface area contributed by atoms with Crippen LogP contribution in [0, 0.1) is 5.92 Å². The molecule has 30 heavy (non-hydrogen) atoms. The number of hydrogen-bond donors (Lipinski definition) is 2. The molecule has 158 valence electrons. The quantitative estimate of drug-likeness (QED) is 0.652. The maximum Gasteiger partial charge on any atom is 0.140 e. The van der Waals surface area contributed by atoms with Crippen LogP contribution >= 0.6 is 11.3 Å². The standard InChI is InChI=1S/C25H31N3OS/c1-16-6-9-20-10-13-24(26-19-7-11-21(29)12-8-19)27-28(20)22(14-16)23-15-18-5-3-4-17(2)25(18)30-23/h3,5,9-10,13-17,19,21,29H,4,6-8,11-12H2,1-2H3,(H,26,27). The minimum absolute atomic E-state index is 0.145. The van der Waals surface area contributed by atoms with Gasteiger partial charge in [0.15, 0.2) is 0 Å². The average molecular weight is 422 g/mol. The van der Waals surface area contributed by atoms with E-state index in [0.717, 1.165) is 44.4 Å². The van der Waals surface area contributed by atoms with Crippen molar-refractivity contribution >= 4 is 28.9 Å². The fraction of sp³-hybridized carbons (Fsp3) is 0.480. The molecule has 0 radical (unpaired) electrons. The van der Waals surface area contributed by atoms with E-state index in [9.17, 15) is 5.11 Å². The van der Waals surface area contributed by atoms with Crippen LogP contribution in [0.4, 0.5) is 0 Å². The number of aliphatic hydroxyl groups excluding tert-OH is 1. The lowest BCUT2D eigenvalue weighted by atomic mass is 9.93. The predicted molar refractivity (Wildman–Crippen MR) is 126 cm³/mol. The maximum absolute atomic E-state index is 9.79. The molecular formula is C25H31N3OS. The summed E-state index contributed by atoms with van der Waals surface area (Å²) in [5, 5.41) is 12.0. The third kappa shape index (κ3) is 3.93. The second-order valence-corrected chi connectivity index (χ2v) is 10.2. The number of aliphatic hydroxyl groups is 1. The van der Waals surface area contributed by atoms with Gasteiger partial charge in [0.25, 0.3) is 0 Å². The number of aliphatic imine (C=N–C) groups is 1. The van der Waals surface area contributed by atoms with Gasteiger partial charge in [-0.15, -0.1) is 11.3 Å². The summed E-state index contributed by atoms with van der Waals surface area (Å²) < 4.78 is 0. The Morgan fingerprint density at radius 1 is 1.10 bits per heavy atom. The van der Waals surface area contributed by atoms with Gasteiger partial charge in [-0.3, -0.25) is 15.4 Å². The van der Waals surface area contributed by atoms with Crippen molar-refractivity contribution in [3.63, 3.8) is 0 Å². The number of nitrogens with zero attached hydrogens (tertiary/aromatic N) is 2.